The second-order valence-corrected chi connectivity index (χ2v) is 6.37. The number of halogens is 1. The number of fused-ring (bicyclic) bond motifs is 3. The molecule has 0 aliphatic heterocycles. The van der Waals surface area contributed by atoms with Gasteiger partial charge in [0.2, 0.25) is 5.91 Å². The van der Waals surface area contributed by atoms with Crippen LogP contribution < -0.4 is 10.9 Å². The SMILES string of the molecule is O=C(Cn1c(=O)c2cccn2c2ccc(F)cc21)NCCc1ccccc1. The van der Waals surface area contributed by atoms with Crippen LogP contribution in [0, 0.1) is 5.82 Å². The van der Waals surface area contributed by atoms with Crippen molar-refractivity contribution >= 4 is 22.5 Å². The molecule has 4 rings (SSSR count). The van der Waals surface area contributed by atoms with Crippen LogP contribution in [0.4, 0.5) is 4.39 Å². The molecule has 0 saturated carbocycles. The predicted molar refractivity (Wildman–Crippen MR) is 102 cm³/mol. The Morgan fingerprint density at radius 2 is 1.78 bits per heavy atom. The van der Waals surface area contributed by atoms with E-state index in [0.29, 0.717) is 29.5 Å². The number of amides is 1. The summed E-state index contributed by atoms with van der Waals surface area (Å²) in [5.41, 5.74) is 2.31. The number of hydrogen-bond acceptors (Lipinski definition) is 2. The number of rotatable bonds is 5. The first-order chi connectivity index (χ1) is 13.1. The van der Waals surface area contributed by atoms with Gasteiger partial charge in [0.1, 0.15) is 17.9 Å². The normalized spacial score (nSPS) is 11.1. The van der Waals surface area contributed by atoms with E-state index in [1.165, 1.54) is 16.7 Å². The van der Waals surface area contributed by atoms with E-state index in [-0.39, 0.29) is 18.0 Å². The molecule has 0 fully saturated rings. The van der Waals surface area contributed by atoms with Crippen molar-refractivity contribution in [3.63, 3.8) is 0 Å². The van der Waals surface area contributed by atoms with Gasteiger partial charge in [-0.3, -0.25) is 14.2 Å². The summed E-state index contributed by atoms with van der Waals surface area (Å²) in [4.78, 5) is 25.2. The van der Waals surface area contributed by atoms with Crippen molar-refractivity contribution < 1.29 is 9.18 Å². The van der Waals surface area contributed by atoms with Crippen molar-refractivity contribution in [2.45, 2.75) is 13.0 Å². The van der Waals surface area contributed by atoms with E-state index in [1.54, 1.807) is 28.8 Å². The molecule has 0 atom stereocenters. The van der Waals surface area contributed by atoms with Crippen LogP contribution in [0.2, 0.25) is 0 Å². The number of nitrogens with one attached hydrogen (secondary N) is 1. The molecule has 5 nitrogen and oxygen atoms in total. The van der Waals surface area contributed by atoms with Crippen molar-refractivity contribution in [3.8, 4) is 0 Å². The summed E-state index contributed by atoms with van der Waals surface area (Å²) >= 11 is 0. The highest BCUT2D eigenvalue weighted by Crippen LogP contribution is 2.16. The van der Waals surface area contributed by atoms with Gasteiger partial charge in [-0.25, -0.2) is 4.39 Å². The highest BCUT2D eigenvalue weighted by Gasteiger charge is 2.13. The fourth-order valence-corrected chi connectivity index (χ4v) is 3.28. The van der Waals surface area contributed by atoms with Crippen molar-refractivity contribution in [3.05, 3.63) is 88.6 Å². The quantitative estimate of drug-likeness (QED) is 0.593. The lowest BCUT2D eigenvalue weighted by Gasteiger charge is -2.13. The molecule has 2 aromatic carbocycles. The first-order valence-corrected chi connectivity index (χ1v) is 8.73. The zero-order valence-electron chi connectivity index (χ0n) is 14.6. The van der Waals surface area contributed by atoms with Gasteiger partial charge < -0.3 is 9.72 Å². The van der Waals surface area contributed by atoms with Crippen LogP contribution in [0.5, 0.6) is 0 Å². The summed E-state index contributed by atoms with van der Waals surface area (Å²) in [7, 11) is 0. The van der Waals surface area contributed by atoms with Gasteiger partial charge in [0.25, 0.3) is 5.56 Å². The molecule has 0 unspecified atom stereocenters. The zero-order chi connectivity index (χ0) is 18.8. The van der Waals surface area contributed by atoms with Crippen molar-refractivity contribution in [1.82, 2.24) is 14.3 Å². The standard InChI is InChI=1S/C21H18FN3O2/c22-16-8-9-17-19(13-16)25(21(27)18-7-4-12-24(17)18)14-20(26)23-11-10-15-5-2-1-3-6-15/h1-9,12-13H,10-11,14H2,(H,23,26). The summed E-state index contributed by atoms with van der Waals surface area (Å²) in [6, 6.07) is 17.5. The molecule has 1 amide bonds. The van der Waals surface area contributed by atoms with E-state index in [0.717, 1.165) is 5.56 Å². The first-order valence-electron chi connectivity index (χ1n) is 8.73. The summed E-state index contributed by atoms with van der Waals surface area (Å²) in [6.45, 7) is 0.312. The van der Waals surface area contributed by atoms with Gasteiger partial charge in [0.15, 0.2) is 0 Å². The van der Waals surface area contributed by atoms with E-state index in [9.17, 15) is 14.0 Å². The van der Waals surface area contributed by atoms with E-state index in [4.69, 9.17) is 0 Å². The Morgan fingerprint density at radius 1 is 0.963 bits per heavy atom. The minimum atomic E-state index is -0.452. The van der Waals surface area contributed by atoms with Gasteiger partial charge in [-0.15, -0.1) is 0 Å². The van der Waals surface area contributed by atoms with Crippen LogP contribution in [0.25, 0.3) is 16.6 Å². The lowest BCUT2D eigenvalue weighted by molar-refractivity contribution is -0.121. The lowest BCUT2D eigenvalue weighted by atomic mass is 10.1. The Labute approximate surface area is 154 Å². The minimum Gasteiger partial charge on any atom is -0.354 e. The van der Waals surface area contributed by atoms with Crippen LogP contribution in [-0.2, 0) is 17.8 Å². The molecular weight excluding hydrogens is 345 g/mol. The molecule has 4 aromatic rings. The highest BCUT2D eigenvalue weighted by molar-refractivity contribution is 5.82. The molecule has 0 saturated heterocycles. The van der Waals surface area contributed by atoms with Gasteiger partial charge in [0, 0.05) is 12.7 Å². The largest absolute Gasteiger partial charge is 0.354 e. The second-order valence-electron chi connectivity index (χ2n) is 6.37. The fourth-order valence-electron chi connectivity index (χ4n) is 3.28. The molecule has 6 heteroatoms. The monoisotopic (exact) mass is 363 g/mol. The minimum absolute atomic E-state index is 0.157. The highest BCUT2D eigenvalue weighted by atomic mass is 19.1. The zero-order valence-corrected chi connectivity index (χ0v) is 14.6. The lowest BCUT2D eigenvalue weighted by Crippen LogP contribution is -2.34. The predicted octanol–water partition coefficient (Wildman–Crippen LogP) is 2.75. The summed E-state index contributed by atoms with van der Waals surface area (Å²) in [6.07, 6.45) is 2.45. The first kappa shape index (κ1) is 17.0. The molecule has 2 heterocycles. The molecule has 0 spiro atoms. The van der Waals surface area contributed by atoms with E-state index < -0.39 is 5.82 Å². The fraction of sp³-hybridized carbons (Fsp3) is 0.143. The molecule has 27 heavy (non-hydrogen) atoms. The number of hydrogen-bond donors (Lipinski definition) is 1. The Kier molecular flexibility index (Phi) is 4.46. The average molecular weight is 363 g/mol. The maximum Gasteiger partial charge on any atom is 0.275 e. The molecule has 0 bridgehead atoms. The third kappa shape index (κ3) is 3.33. The van der Waals surface area contributed by atoms with Crippen LogP contribution >= 0.6 is 0 Å². The number of aromatic nitrogens is 2. The molecule has 0 radical (unpaired) electrons. The Balaban J connectivity index is 1.60. The Hall–Kier alpha value is -3.41. The summed E-state index contributed by atoms with van der Waals surface area (Å²) in [5, 5.41) is 2.83. The van der Waals surface area contributed by atoms with Gasteiger partial charge in [-0.2, -0.15) is 0 Å². The second kappa shape index (κ2) is 7.07. The topological polar surface area (TPSA) is 55.5 Å². The molecule has 1 N–H and O–H groups in total. The summed E-state index contributed by atoms with van der Waals surface area (Å²) < 4.78 is 16.8. The maximum absolute atomic E-state index is 13.8. The smallest absolute Gasteiger partial charge is 0.275 e. The molecule has 2 aromatic heterocycles. The van der Waals surface area contributed by atoms with Crippen molar-refractivity contribution in [2.24, 2.45) is 0 Å². The average Bonchev–Trinajstić information content (AvgIpc) is 3.16. The molecule has 0 aliphatic carbocycles. The third-order valence-electron chi connectivity index (χ3n) is 4.58. The van der Waals surface area contributed by atoms with Crippen LogP contribution in [-0.4, -0.2) is 21.4 Å². The van der Waals surface area contributed by atoms with E-state index in [2.05, 4.69) is 5.32 Å². The van der Waals surface area contributed by atoms with E-state index >= 15 is 0 Å². The maximum atomic E-state index is 13.8. The van der Waals surface area contributed by atoms with Crippen LogP contribution in [0.15, 0.2) is 71.7 Å². The van der Waals surface area contributed by atoms with Gasteiger partial charge >= 0.3 is 0 Å². The van der Waals surface area contributed by atoms with Gasteiger partial charge in [-0.05, 0) is 42.3 Å². The number of nitrogens with zero attached hydrogens (tertiary/aromatic N) is 2. The number of carbonyl (C=O) groups excluding carboxylic acids is 1. The number of carbonyl (C=O) groups is 1. The molecule has 0 aliphatic rings. The van der Waals surface area contributed by atoms with Crippen molar-refractivity contribution in [2.75, 3.05) is 6.54 Å². The van der Waals surface area contributed by atoms with E-state index in [1.807, 2.05) is 30.3 Å². The third-order valence-corrected chi connectivity index (χ3v) is 4.58. The Bertz CT molecular complexity index is 1180. The van der Waals surface area contributed by atoms with Gasteiger partial charge in [0.05, 0.1) is 11.0 Å². The van der Waals surface area contributed by atoms with Crippen LogP contribution in [0.1, 0.15) is 5.56 Å². The molecule has 136 valence electrons. The Morgan fingerprint density at radius 3 is 2.59 bits per heavy atom. The van der Waals surface area contributed by atoms with Crippen molar-refractivity contribution in [1.29, 1.82) is 0 Å². The van der Waals surface area contributed by atoms with Gasteiger partial charge in [-0.1, -0.05) is 30.3 Å². The number of benzene rings is 2. The molecular formula is C21H18FN3O2. The van der Waals surface area contributed by atoms with Crippen LogP contribution in [0.3, 0.4) is 0 Å². The summed E-state index contributed by atoms with van der Waals surface area (Å²) in [5.74, 6) is -0.735.